The SMILES string of the molecule is COc1ccc(C(=O)NC(C(=O)NC(C)c2ccccc2Cl)C(C)C)cc1. The maximum absolute atomic E-state index is 12.8. The number of hydrogen-bond acceptors (Lipinski definition) is 3. The Balaban J connectivity index is 2.08. The number of benzene rings is 2. The largest absolute Gasteiger partial charge is 0.497 e. The Kier molecular flexibility index (Phi) is 7.25. The Morgan fingerprint density at radius 2 is 1.59 bits per heavy atom. The number of amides is 2. The Morgan fingerprint density at radius 1 is 0.963 bits per heavy atom. The minimum absolute atomic E-state index is 0.0781. The molecule has 0 aromatic heterocycles. The molecule has 0 aliphatic rings. The monoisotopic (exact) mass is 388 g/mol. The molecule has 0 fully saturated rings. The van der Waals surface area contributed by atoms with Gasteiger partial charge < -0.3 is 15.4 Å². The normalized spacial score (nSPS) is 13.0. The van der Waals surface area contributed by atoms with Crippen molar-refractivity contribution >= 4 is 23.4 Å². The van der Waals surface area contributed by atoms with Crippen LogP contribution in [0, 0.1) is 5.92 Å². The molecule has 144 valence electrons. The van der Waals surface area contributed by atoms with Gasteiger partial charge in [0.25, 0.3) is 5.91 Å². The highest BCUT2D eigenvalue weighted by atomic mass is 35.5. The quantitative estimate of drug-likeness (QED) is 0.753. The van der Waals surface area contributed by atoms with E-state index in [1.165, 1.54) is 0 Å². The average Bonchev–Trinajstić information content (AvgIpc) is 2.65. The van der Waals surface area contributed by atoms with Crippen LogP contribution in [0.4, 0.5) is 0 Å². The highest BCUT2D eigenvalue weighted by Gasteiger charge is 2.26. The van der Waals surface area contributed by atoms with Crippen LogP contribution in [0.15, 0.2) is 48.5 Å². The minimum atomic E-state index is -0.662. The summed E-state index contributed by atoms with van der Waals surface area (Å²) in [6.07, 6.45) is 0. The molecule has 0 bridgehead atoms. The number of hydrogen-bond donors (Lipinski definition) is 2. The molecular weight excluding hydrogens is 364 g/mol. The summed E-state index contributed by atoms with van der Waals surface area (Å²) in [5.74, 6) is 0.0279. The Hall–Kier alpha value is -2.53. The number of nitrogens with one attached hydrogen (secondary N) is 2. The fourth-order valence-electron chi connectivity index (χ4n) is 2.71. The van der Waals surface area contributed by atoms with E-state index >= 15 is 0 Å². The molecule has 2 N–H and O–H groups in total. The lowest BCUT2D eigenvalue weighted by Gasteiger charge is -2.24. The molecule has 0 radical (unpaired) electrons. The van der Waals surface area contributed by atoms with Gasteiger partial charge in [0.05, 0.1) is 13.2 Å². The van der Waals surface area contributed by atoms with Gasteiger partial charge in [-0.1, -0.05) is 43.6 Å². The molecule has 0 heterocycles. The van der Waals surface area contributed by atoms with Crippen LogP contribution in [0.3, 0.4) is 0 Å². The second-order valence-corrected chi connectivity index (χ2v) is 7.08. The van der Waals surface area contributed by atoms with Gasteiger partial charge in [-0.2, -0.15) is 0 Å². The molecule has 5 nitrogen and oxygen atoms in total. The molecule has 27 heavy (non-hydrogen) atoms. The molecule has 2 rings (SSSR count). The van der Waals surface area contributed by atoms with E-state index in [0.29, 0.717) is 16.3 Å². The zero-order chi connectivity index (χ0) is 20.0. The maximum atomic E-state index is 12.8. The Labute approximate surface area is 165 Å². The van der Waals surface area contributed by atoms with Gasteiger partial charge in [-0.25, -0.2) is 0 Å². The van der Waals surface area contributed by atoms with Crippen molar-refractivity contribution in [3.63, 3.8) is 0 Å². The molecule has 0 aliphatic heterocycles. The van der Waals surface area contributed by atoms with E-state index < -0.39 is 6.04 Å². The van der Waals surface area contributed by atoms with Crippen LogP contribution >= 0.6 is 11.6 Å². The topological polar surface area (TPSA) is 67.4 Å². The van der Waals surface area contributed by atoms with Gasteiger partial charge in [-0.15, -0.1) is 0 Å². The first-order chi connectivity index (χ1) is 12.8. The van der Waals surface area contributed by atoms with Gasteiger partial charge in [0.15, 0.2) is 0 Å². The fourth-order valence-corrected chi connectivity index (χ4v) is 3.01. The van der Waals surface area contributed by atoms with Crippen molar-refractivity contribution in [1.82, 2.24) is 10.6 Å². The van der Waals surface area contributed by atoms with Crippen molar-refractivity contribution in [2.45, 2.75) is 32.9 Å². The van der Waals surface area contributed by atoms with Crippen molar-refractivity contribution in [2.24, 2.45) is 5.92 Å². The van der Waals surface area contributed by atoms with Gasteiger partial charge >= 0.3 is 0 Å². The van der Waals surface area contributed by atoms with Crippen LogP contribution in [0.25, 0.3) is 0 Å². The molecule has 2 aromatic carbocycles. The van der Waals surface area contributed by atoms with E-state index in [1.54, 1.807) is 37.4 Å². The van der Waals surface area contributed by atoms with Gasteiger partial charge in [0, 0.05) is 10.6 Å². The summed E-state index contributed by atoms with van der Waals surface area (Å²) in [7, 11) is 1.56. The highest BCUT2D eigenvalue weighted by Crippen LogP contribution is 2.22. The third-order valence-corrected chi connectivity index (χ3v) is 4.66. The van der Waals surface area contributed by atoms with E-state index in [9.17, 15) is 9.59 Å². The van der Waals surface area contributed by atoms with Gasteiger partial charge in [-0.05, 0) is 48.7 Å². The molecular formula is C21H25ClN2O3. The molecule has 2 amide bonds. The second kappa shape index (κ2) is 9.42. The number of rotatable bonds is 7. The van der Waals surface area contributed by atoms with Crippen molar-refractivity contribution in [2.75, 3.05) is 7.11 Å². The zero-order valence-corrected chi connectivity index (χ0v) is 16.7. The fraction of sp³-hybridized carbons (Fsp3) is 0.333. The lowest BCUT2D eigenvalue weighted by Crippen LogP contribution is -2.50. The first-order valence-electron chi connectivity index (χ1n) is 8.83. The molecule has 0 aliphatic carbocycles. The van der Waals surface area contributed by atoms with Gasteiger partial charge in [0.2, 0.25) is 5.91 Å². The van der Waals surface area contributed by atoms with E-state index in [1.807, 2.05) is 39.0 Å². The van der Waals surface area contributed by atoms with E-state index in [2.05, 4.69) is 10.6 Å². The van der Waals surface area contributed by atoms with Gasteiger partial charge in [-0.3, -0.25) is 9.59 Å². The summed E-state index contributed by atoms with van der Waals surface area (Å²) in [6, 6.07) is 13.2. The zero-order valence-electron chi connectivity index (χ0n) is 16.0. The lowest BCUT2D eigenvalue weighted by atomic mass is 10.0. The van der Waals surface area contributed by atoms with E-state index in [4.69, 9.17) is 16.3 Å². The first kappa shape index (κ1) is 20.8. The average molecular weight is 389 g/mol. The smallest absolute Gasteiger partial charge is 0.251 e. The predicted molar refractivity (Wildman–Crippen MR) is 107 cm³/mol. The molecule has 6 heteroatoms. The van der Waals surface area contributed by atoms with Crippen molar-refractivity contribution in [3.05, 3.63) is 64.7 Å². The third kappa shape index (κ3) is 5.47. The lowest BCUT2D eigenvalue weighted by molar-refractivity contribution is -0.124. The van der Waals surface area contributed by atoms with Gasteiger partial charge in [0.1, 0.15) is 11.8 Å². The van der Waals surface area contributed by atoms with Crippen molar-refractivity contribution in [1.29, 1.82) is 0 Å². The Bertz CT molecular complexity index is 790. The maximum Gasteiger partial charge on any atom is 0.251 e. The van der Waals surface area contributed by atoms with Crippen molar-refractivity contribution < 1.29 is 14.3 Å². The molecule has 0 spiro atoms. The van der Waals surface area contributed by atoms with E-state index in [0.717, 1.165) is 5.56 Å². The standard InChI is InChI=1S/C21H25ClN2O3/c1-13(2)19(24-20(25)15-9-11-16(27-4)12-10-15)21(26)23-14(3)17-7-5-6-8-18(17)22/h5-14,19H,1-4H3,(H,23,26)(H,24,25). The highest BCUT2D eigenvalue weighted by molar-refractivity contribution is 6.31. The molecule has 0 saturated carbocycles. The minimum Gasteiger partial charge on any atom is -0.497 e. The third-order valence-electron chi connectivity index (χ3n) is 4.32. The number of halogens is 1. The van der Waals surface area contributed by atoms with Crippen LogP contribution in [-0.4, -0.2) is 25.0 Å². The number of ether oxygens (including phenoxy) is 1. The molecule has 0 saturated heterocycles. The summed E-state index contributed by atoms with van der Waals surface area (Å²) in [6.45, 7) is 5.64. The summed E-state index contributed by atoms with van der Waals surface area (Å²) in [4.78, 5) is 25.3. The summed E-state index contributed by atoms with van der Waals surface area (Å²) < 4.78 is 5.10. The Morgan fingerprint density at radius 3 is 2.15 bits per heavy atom. The van der Waals surface area contributed by atoms with Crippen LogP contribution < -0.4 is 15.4 Å². The summed E-state index contributed by atoms with van der Waals surface area (Å²) in [5.41, 5.74) is 1.30. The van der Waals surface area contributed by atoms with Crippen LogP contribution in [-0.2, 0) is 4.79 Å². The summed E-state index contributed by atoms with van der Waals surface area (Å²) in [5, 5.41) is 6.34. The van der Waals surface area contributed by atoms with Crippen LogP contribution in [0.5, 0.6) is 5.75 Å². The first-order valence-corrected chi connectivity index (χ1v) is 9.21. The molecule has 2 aromatic rings. The predicted octanol–water partition coefficient (Wildman–Crippen LogP) is 3.98. The molecule has 2 unspecified atom stereocenters. The number of methoxy groups -OCH3 is 1. The number of carbonyl (C=O) groups excluding carboxylic acids is 2. The van der Waals surface area contributed by atoms with Crippen LogP contribution in [0.2, 0.25) is 5.02 Å². The van der Waals surface area contributed by atoms with E-state index in [-0.39, 0.29) is 23.8 Å². The number of carbonyl (C=O) groups is 2. The second-order valence-electron chi connectivity index (χ2n) is 6.68. The summed E-state index contributed by atoms with van der Waals surface area (Å²) >= 11 is 6.20. The molecule has 2 atom stereocenters. The van der Waals surface area contributed by atoms with Crippen molar-refractivity contribution in [3.8, 4) is 5.75 Å². The van der Waals surface area contributed by atoms with Crippen LogP contribution in [0.1, 0.15) is 42.7 Å².